The minimum atomic E-state index is -0.203. The first kappa shape index (κ1) is 13.7. The zero-order valence-corrected chi connectivity index (χ0v) is 12.3. The molecule has 1 heterocycles. The first-order valence-electron chi connectivity index (χ1n) is 6.18. The molecule has 0 spiro atoms. The summed E-state index contributed by atoms with van der Waals surface area (Å²) in [5, 5.41) is 0.635. The molecule has 102 valence electrons. The second-order valence-corrected chi connectivity index (χ2v) is 5.43. The van der Waals surface area contributed by atoms with Crippen molar-refractivity contribution in [3.63, 3.8) is 0 Å². The number of aryl methyl sites for hydroxylation is 1. The highest BCUT2D eigenvalue weighted by atomic mass is 35.5. The summed E-state index contributed by atoms with van der Waals surface area (Å²) in [7, 11) is 1.83. The molecule has 2 N–H and O–H groups in total. The molecular weight excluding hydrogens is 262 g/mol. The van der Waals surface area contributed by atoms with Crippen molar-refractivity contribution >= 4 is 17.3 Å². The number of aromatic nitrogens is 2. The predicted octanol–water partition coefficient (Wildman–Crippen LogP) is 2.84. The van der Waals surface area contributed by atoms with Gasteiger partial charge in [-0.1, -0.05) is 31.5 Å². The molecule has 19 heavy (non-hydrogen) atoms. The van der Waals surface area contributed by atoms with Gasteiger partial charge in [-0.15, -0.1) is 0 Å². The third-order valence-corrected chi connectivity index (χ3v) is 3.70. The average molecular weight is 280 g/mol. The van der Waals surface area contributed by atoms with Crippen molar-refractivity contribution in [2.24, 2.45) is 7.05 Å². The van der Waals surface area contributed by atoms with Crippen LogP contribution in [0.1, 0.15) is 31.0 Å². The van der Waals surface area contributed by atoms with E-state index >= 15 is 0 Å². The Labute approximate surface area is 117 Å². The molecule has 5 heteroatoms. The Balaban J connectivity index is 2.73. The number of nitrogen functional groups attached to an aromatic ring is 1. The normalized spacial score (nSPS) is 11.3. The van der Waals surface area contributed by atoms with Crippen LogP contribution in [0.25, 0.3) is 5.69 Å². The molecule has 1 aromatic heterocycles. The molecule has 0 saturated heterocycles. The Morgan fingerprint density at radius 3 is 2.42 bits per heavy atom. The zero-order chi connectivity index (χ0) is 14.3. The van der Waals surface area contributed by atoms with Crippen LogP contribution in [0.15, 0.2) is 23.0 Å². The lowest BCUT2D eigenvalue weighted by Crippen LogP contribution is -2.20. The second-order valence-electron chi connectivity index (χ2n) is 5.03. The predicted molar refractivity (Wildman–Crippen MR) is 79.3 cm³/mol. The largest absolute Gasteiger partial charge is 0.393 e. The van der Waals surface area contributed by atoms with Crippen molar-refractivity contribution in [1.82, 2.24) is 9.36 Å². The van der Waals surface area contributed by atoms with Crippen LogP contribution in [0.2, 0.25) is 5.02 Å². The number of halogens is 1. The number of anilines is 1. The second kappa shape index (κ2) is 4.78. The van der Waals surface area contributed by atoms with Crippen LogP contribution < -0.4 is 11.3 Å². The van der Waals surface area contributed by atoms with Crippen LogP contribution in [0, 0.1) is 6.92 Å². The zero-order valence-electron chi connectivity index (χ0n) is 11.6. The summed E-state index contributed by atoms with van der Waals surface area (Å²) in [6, 6.07) is 5.54. The van der Waals surface area contributed by atoms with Crippen LogP contribution in [0.5, 0.6) is 0 Å². The summed E-state index contributed by atoms with van der Waals surface area (Å²) in [4.78, 5) is 12.3. The number of rotatable bonds is 2. The fourth-order valence-electron chi connectivity index (χ4n) is 2.33. The molecular formula is C14H18ClN3O. The number of nitrogens with two attached hydrogens (primary N) is 1. The van der Waals surface area contributed by atoms with Gasteiger partial charge in [0.2, 0.25) is 0 Å². The highest BCUT2D eigenvalue weighted by Crippen LogP contribution is 2.23. The van der Waals surface area contributed by atoms with Crippen LogP contribution >= 0.6 is 11.6 Å². The van der Waals surface area contributed by atoms with Crippen LogP contribution in [-0.2, 0) is 7.05 Å². The molecule has 2 aromatic rings. The molecule has 1 aromatic carbocycles. The summed E-state index contributed by atoms with van der Waals surface area (Å²) in [5.74, 6) is 0.180. The standard InChI is InChI=1S/C14H18ClN3O/c1-8(2)13-12(16)14(19)18(17(13)4)10-6-5-9(3)11(15)7-10/h5-8H,16H2,1-4H3. The monoisotopic (exact) mass is 279 g/mol. The smallest absolute Gasteiger partial charge is 0.294 e. The van der Waals surface area contributed by atoms with Gasteiger partial charge in [-0.05, 0) is 30.5 Å². The Bertz CT molecular complexity index is 683. The van der Waals surface area contributed by atoms with Crippen molar-refractivity contribution in [1.29, 1.82) is 0 Å². The third-order valence-electron chi connectivity index (χ3n) is 3.29. The highest BCUT2D eigenvalue weighted by molar-refractivity contribution is 6.31. The van der Waals surface area contributed by atoms with Gasteiger partial charge in [0, 0.05) is 12.1 Å². The SMILES string of the molecule is Cc1ccc(-n2c(=O)c(N)c(C(C)C)n2C)cc1Cl. The number of benzene rings is 1. The first-order valence-corrected chi connectivity index (χ1v) is 6.56. The fraction of sp³-hybridized carbons (Fsp3) is 0.357. The minimum absolute atomic E-state index is 0.180. The maximum absolute atomic E-state index is 12.3. The maximum atomic E-state index is 12.3. The fourth-order valence-corrected chi connectivity index (χ4v) is 2.51. The minimum Gasteiger partial charge on any atom is -0.393 e. The van der Waals surface area contributed by atoms with Crippen molar-refractivity contribution in [3.05, 3.63) is 44.8 Å². The Hall–Kier alpha value is -1.68. The van der Waals surface area contributed by atoms with E-state index in [0.717, 1.165) is 16.9 Å². The third kappa shape index (κ3) is 2.16. The lowest BCUT2D eigenvalue weighted by molar-refractivity contribution is 0.595. The van der Waals surface area contributed by atoms with Gasteiger partial charge < -0.3 is 5.73 Å². The molecule has 0 aliphatic heterocycles. The molecule has 4 nitrogen and oxygen atoms in total. The summed E-state index contributed by atoms with van der Waals surface area (Å²) >= 11 is 6.12. The van der Waals surface area contributed by atoms with Crippen molar-refractivity contribution in [2.45, 2.75) is 26.7 Å². The van der Waals surface area contributed by atoms with Gasteiger partial charge in [0.05, 0.1) is 11.4 Å². The van der Waals surface area contributed by atoms with Gasteiger partial charge in [0.1, 0.15) is 5.69 Å². The van der Waals surface area contributed by atoms with Gasteiger partial charge in [-0.3, -0.25) is 9.48 Å². The molecule has 0 saturated carbocycles. The molecule has 0 atom stereocenters. The lowest BCUT2D eigenvalue weighted by Gasteiger charge is -2.12. The Morgan fingerprint density at radius 1 is 1.32 bits per heavy atom. The molecule has 0 radical (unpaired) electrons. The first-order chi connectivity index (χ1) is 8.84. The van der Waals surface area contributed by atoms with Crippen LogP contribution in [0.4, 0.5) is 5.69 Å². The lowest BCUT2D eigenvalue weighted by atomic mass is 10.1. The number of hydrogen-bond acceptors (Lipinski definition) is 2. The van der Waals surface area contributed by atoms with E-state index in [-0.39, 0.29) is 11.5 Å². The van der Waals surface area contributed by atoms with Crippen LogP contribution in [0.3, 0.4) is 0 Å². The van der Waals surface area contributed by atoms with Gasteiger partial charge in [0.25, 0.3) is 5.56 Å². The van der Waals surface area contributed by atoms with Gasteiger partial charge >= 0.3 is 0 Å². The van der Waals surface area contributed by atoms with Crippen molar-refractivity contribution in [2.75, 3.05) is 5.73 Å². The maximum Gasteiger partial charge on any atom is 0.294 e. The molecule has 0 amide bonds. The van der Waals surface area contributed by atoms with E-state index in [1.165, 1.54) is 0 Å². The molecule has 0 aliphatic carbocycles. The topological polar surface area (TPSA) is 52.9 Å². The Morgan fingerprint density at radius 2 is 1.95 bits per heavy atom. The number of nitrogens with zero attached hydrogens (tertiary/aromatic N) is 2. The summed E-state index contributed by atoms with van der Waals surface area (Å²) in [6.45, 7) is 5.95. The number of hydrogen-bond donors (Lipinski definition) is 1. The molecule has 0 unspecified atom stereocenters. The molecule has 0 bridgehead atoms. The van der Waals surface area contributed by atoms with E-state index in [4.69, 9.17) is 17.3 Å². The average Bonchev–Trinajstić information content (AvgIpc) is 2.54. The summed E-state index contributed by atoms with van der Waals surface area (Å²) in [5.41, 5.74) is 8.56. The summed E-state index contributed by atoms with van der Waals surface area (Å²) < 4.78 is 3.35. The van der Waals surface area contributed by atoms with Crippen molar-refractivity contribution in [3.8, 4) is 5.69 Å². The van der Waals surface area contributed by atoms with Crippen LogP contribution in [-0.4, -0.2) is 9.36 Å². The van der Waals surface area contributed by atoms with Crippen molar-refractivity contribution < 1.29 is 0 Å². The highest BCUT2D eigenvalue weighted by Gasteiger charge is 2.18. The van der Waals surface area contributed by atoms with Gasteiger partial charge in [0.15, 0.2) is 0 Å². The summed E-state index contributed by atoms with van der Waals surface area (Å²) in [6.07, 6.45) is 0. The van der Waals surface area contributed by atoms with E-state index in [0.29, 0.717) is 10.7 Å². The van der Waals surface area contributed by atoms with Gasteiger partial charge in [-0.25, -0.2) is 4.68 Å². The molecule has 0 fully saturated rings. The van der Waals surface area contributed by atoms with E-state index in [9.17, 15) is 4.79 Å². The molecule has 0 aliphatic rings. The van der Waals surface area contributed by atoms with Gasteiger partial charge in [-0.2, -0.15) is 0 Å². The molecule has 2 rings (SSSR count). The van der Waals surface area contributed by atoms with E-state index in [2.05, 4.69) is 0 Å². The van der Waals surface area contributed by atoms with E-state index in [1.807, 2.05) is 40.0 Å². The Kier molecular flexibility index (Phi) is 3.45. The van der Waals surface area contributed by atoms with E-state index < -0.39 is 0 Å². The van der Waals surface area contributed by atoms with E-state index in [1.54, 1.807) is 15.4 Å². The quantitative estimate of drug-likeness (QED) is 0.919.